The van der Waals surface area contributed by atoms with Crippen molar-refractivity contribution in [1.29, 1.82) is 0 Å². The third-order valence-corrected chi connectivity index (χ3v) is 7.33. The standard InChI is InChI=1S/11C6H6.C5H12.2C3H8.3C2H6O.19C2H6.9CH3.9Y/c11*1-2-4-6-5-3-1;1-5(2,3)4;5*1-3-2;19*1-2;;;;;;;;;;;;;;;;;;/h11*1-6H;1-4H3;2*3H2,1-2H3;3*1-2H3;19*1-2H3;9*1H3;;;;;;;;;/q;;;;;;;;;;;;;;;;;;;;;;;;;;;;;;;;;;;;9*-1;;;;;;;;;. The molecule has 9 radical (unpaired) electrons. The van der Waals surface area contributed by atoms with E-state index in [0.717, 1.165) is 0 Å². The van der Waals surface area contributed by atoms with Gasteiger partial charge in [0.05, 0.1) is 0 Å². The van der Waals surface area contributed by atoms with Gasteiger partial charge < -0.3 is 81.1 Å². The zero-order chi connectivity index (χ0) is 103. The summed E-state index contributed by atoms with van der Waals surface area (Å²) in [5.41, 5.74) is 0.500. The van der Waals surface area contributed by atoms with Crippen molar-refractivity contribution in [2.24, 2.45) is 5.41 Å². The van der Waals surface area contributed by atoms with Crippen LogP contribution < -0.4 is 0 Å². The Balaban J connectivity index is -0.0000000174. The second kappa shape index (κ2) is 464. The number of hydrogen-bond donors (Lipinski definition) is 0. The van der Waals surface area contributed by atoms with Gasteiger partial charge in [0.1, 0.15) is 0 Å². The minimum Gasteiger partial charge on any atom is -0.388 e. The van der Waals surface area contributed by atoms with Crippen molar-refractivity contribution in [1.82, 2.24) is 0 Å². The third kappa shape index (κ3) is 614. The number of ether oxygens (including phenoxy) is 3. The second-order valence-corrected chi connectivity index (χ2v) is 18.3. The van der Waals surface area contributed by atoms with Crippen molar-refractivity contribution < 1.29 is 309 Å². The maximum atomic E-state index is 4.25. The Morgan fingerprint density at radius 3 is 0.120 bits per heavy atom. The van der Waals surface area contributed by atoms with E-state index < -0.39 is 0 Å². The van der Waals surface area contributed by atoms with E-state index in [-0.39, 0.29) is 361 Å². The molecular weight excluding hydrogens is 2410 g/mol. The summed E-state index contributed by atoms with van der Waals surface area (Å²) in [6.45, 7) is 93.2. The van der Waals surface area contributed by atoms with Gasteiger partial charge in [-0.3, -0.25) is 0 Å². The van der Waals surface area contributed by atoms with E-state index in [2.05, 4.69) is 69.6 Å². The molecule has 11 aromatic carbocycles. The van der Waals surface area contributed by atoms with Crippen molar-refractivity contribution in [3.8, 4) is 0 Å². The molecule has 0 spiro atoms. The van der Waals surface area contributed by atoms with Crippen molar-refractivity contribution >= 4 is 0 Å². The van der Waals surface area contributed by atoms with Gasteiger partial charge in [-0.2, -0.15) is 0 Å². The number of benzene rings is 11. The van der Waals surface area contributed by atoms with Crippen LogP contribution in [0.5, 0.6) is 0 Å². The maximum absolute atomic E-state index is 4.25. The quantitative estimate of drug-likeness (QED) is 0.142. The van der Waals surface area contributed by atoms with Crippen molar-refractivity contribution in [3.63, 3.8) is 0 Å². The molecule has 0 aliphatic heterocycles. The Hall–Kier alpha value is 1.24. The summed E-state index contributed by atoms with van der Waals surface area (Å²) in [5, 5.41) is 0. The van der Waals surface area contributed by atoms with E-state index in [1.807, 2.05) is 663 Å². The van der Waals surface area contributed by atoms with Gasteiger partial charge in [0.15, 0.2) is 0 Å². The molecule has 3 nitrogen and oxygen atoms in total. The average Bonchev–Trinajstić information content (AvgIpc) is 1.22. The molecule has 827 valence electrons. The Morgan fingerprint density at radius 1 is 0.106 bits per heavy atom. The molecule has 0 N–H and O–H groups in total. The average molecular weight is 2660 g/mol. The first-order chi connectivity index (χ1) is 61.1. The number of methoxy groups -OCH3 is 3. The Labute approximate surface area is 1140 Å². The largest absolute Gasteiger partial charge is 0.388 e. The minimum absolute atomic E-state index is 0. The smallest absolute Gasteiger partial charge is 0.0351 e. The van der Waals surface area contributed by atoms with Gasteiger partial charge in [-0.1, -0.05) is 732 Å². The molecule has 142 heavy (non-hydrogen) atoms. The molecule has 0 saturated carbocycles. The second-order valence-electron chi connectivity index (χ2n) is 18.3. The molecule has 11 aromatic rings. The van der Waals surface area contributed by atoms with E-state index in [1.165, 1.54) is 12.8 Å². The van der Waals surface area contributed by atoms with E-state index in [4.69, 9.17) is 0 Å². The third-order valence-electron chi connectivity index (χ3n) is 7.33. The number of hydrogen-bond acceptors (Lipinski definition) is 3. The maximum Gasteiger partial charge on any atom is 0.0351 e. The first-order valence-electron chi connectivity index (χ1n) is 48.3. The molecule has 0 amide bonds. The van der Waals surface area contributed by atoms with Crippen molar-refractivity contribution in [3.05, 3.63) is 467 Å². The molecule has 0 aliphatic carbocycles. The topological polar surface area (TPSA) is 27.7 Å². The van der Waals surface area contributed by atoms with Gasteiger partial charge in [0, 0.05) is 337 Å². The summed E-state index contributed by atoms with van der Waals surface area (Å²) in [6.07, 6.45) is 2.50. The van der Waals surface area contributed by atoms with Crippen LogP contribution in [0.1, 0.15) is 331 Å². The van der Waals surface area contributed by atoms with Crippen LogP contribution in [0.25, 0.3) is 0 Å². The van der Waals surface area contributed by atoms with E-state index in [1.54, 1.807) is 42.7 Å². The van der Waals surface area contributed by atoms with Crippen molar-refractivity contribution in [2.75, 3.05) is 42.7 Å². The Morgan fingerprint density at radius 2 is 0.113 bits per heavy atom. The molecule has 11 rings (SSSR count). The number of rotatable bonds is 0. The molecule has 0 fully saturated rings. The molecular formula is C130H253O3Y9-9. The van der Waals surface area contributed by atoms with Crippen LogP contribution in [-0.2, 0) is 309 Å². The van der Waals surface area contributed by atoms with Crippen LogP contribution in [0.3, 0.4) is 0 Å². The SMILES string of the molecule is CC.CC.CC.CC.CC.CC.CC.CC.CC.CC.CC.CC.CC.CC.CC.CC.CC.CC.CC.CC(C)(C)C.CCC.CCC.COC.COC.COC.[CH3-].[CH3-].[CH3-].[CH3-].[CH3-].[CH3-].[CH3-].[CH3-].[CH3-].[Y].[Y].[Y].[Y].[Y].[Y].[Y].[Y].[Y].c1ccccc1.c1ccccc1.c1ccccc1.c1ccccc1.c1ccccc1.c1ccccc1.c1ccccc1.c1ccccc1.c1ccccc1.c1ccccc1.c1ccccc1. The van der Waals surface area contributed by atoms with E-state index in [9.17, 15) is 0 Å². The first kappa shape index (κ1) is 288. The van der Waals surface area contributed by atoms with Gasteiger partial charge in [-0.05, 0) is 5.41 Å². The first-order valence-corrected chi connectivity index (χ1v) is 48.3. The Kier molecular flexibility index (Phi) is 942. The zero-order valence-corrected chi connectivity index (χ0v) is 133. The van der Waals surface area contributed by atoms with Crippen LogP contribution in [0.2, 0.25) is 0 Å². The van der Waals surface area contributed by atoms with Gasteiger partial charge in [0.2, 0.25) is 0 Å². The van der Waals surface area contributed by atoms with Crippen LogP contribution in [0, 0.1) is 72.3 Å². The molecule has 0 unspecified atom stereocenters. The summed E-state index contributed by atoms with van der Waals surface area (Å²) < 4.78 is 12.8. The van der Waals surface area contributed by atoms with Gasteiger partial charge in [0.25, 0.3) is 0 Å². The fraction of sp³-hybridized carbons (Fsp3) is 0.423. The summed E-state index contributed by atoms with van der Waals surface area (Å²) in [5.74, 6) is 0. The van der Waals surface area contributed by atoms with Crippen LogP contribution in [0.15, 0.2) is 400 Å². The molecule has 0 aromatic heterocycles. The Bertz CT molecular complexity index is 1630. The van der Waals surface area contributed by atoms with Gasteiger partial charge >= 0.3 is 0 Å². The predicted molar refractivity (Wildman–Crippen MR) is 660 cm³/mol. The summed E-state index contributed by atoms with van der Waals surface area (Å²) in [7, 11) is 9.75. The molecule has 0 bridgehead atoms. The molecule has 0 atom stereocenters. The zero-order valence-electron chi connectivity index (χ0n) is 107. The van der Waals surface area contributed by atoms with Crippen LogP contribution in [0.4, 0.5) is 0 Å². The molecule has 12 heteroatoms. The summed E-state index contributed by atoms with van der Waals surface area (Å²) in [4.78, 5) is 0. The predicted octanol–water partition coefficient (Wildman–Crippen LogP) is 47.8. The fourth-order valence-electron chi connectivity index (χ4n) is 4.23. The molecule has 0 saturated heterocycles. The normalized spacial score (nSPS) is 5.58. The van der Waals surface area contributed by atoms with Crippen LogP contribution >= 0.6 is 0 Å². The van der Waals surface area contributed by atoms with E-state index >= 15 is 0 Å². The van der Waals surface area contributed by atoms with Gasteiger partial charge in [-0.15, -0.1) is 0 Å². The fourth-order valence-corrected chi connectivity index (χ4v) is 4.23. The molecule has 0 heterocycles. The monoisotopic (exact) mass is 2660 g/mol. The molecule has 0 aliphatic rings. The van der Waals surface area contributed by atoms with Crippen LogP contribution in [-0.4, -0.2) is 42.7 Å². The van der Waals surface area contributed by atoms with Gasteiger partial charge in [-0.25, -0.2) is 0 Å². The van der Waals surface area contributed by atoms with E-state index in [0.29, 0.717) is 5.41 Å². The summed E-state index contributed by atoms with van der Waals surface area (Å²) in [6, 6.07) is 132. The van der Waals surface area contributed by atoms with Crippen molar-refractivity contribution in [2.45, 2.75) is 331 Å². The minimum atomic E-state index is 0. The summed E-state index contributed by atoms with van der Waals surface area (Å²) >= 11 is 0.